The fourth-order valence-electron chi connectivity index (χ4n) is 2.46. The predicted octanol–water partition coefficient (Wildman–Crippen LogP) is 3.93. The largest absolute Gasteiger partial charge is 0.494 e. The Labute approximate surface area is 124 Å². The molecule has 1 fully saturated rings. The lowest BCUT2D eigenvalue weighted by molar-refractivity contribution is 0.245. The maximum Gasteiger partial charge on any atom is 0.119 e. The molecule has 0 saturated carbocycles. The second kappa shape index (κ2) is 7.34. The molecule has 1 aromatic rings. The van der Waals surface area contributed by atoms with Crippen molar-refractivity contribution >= 4 is 22.6 Å². The first-order valence-electron chi connectivity index (χ1n) is 6.88. The fourth-order valence-corrected chi connectivity index (χ4v) is 2.82. The molecule has 0 aromatic heterocycles. The van der Waals surface area contributed by atoms with E-state index in [1.54, 1.807) is 0 Å². The van der Waals surface area contributed by atoms with Crippen LogP contribution in [0.3, 0.4) is 0 Å². The highest BCUT2D eigenvalue weighted by molar-refractivity contribution is 14.1. The van der Waals surface area contributed by atoms with Gasteiger partial charge in [-0.25, -0.2) is 0 Å². The van der Waals surface area contributed by atoms with Crippen LogP contribution in [0.1, 0.15) is 32.6 Å². The van der Waals surface area contributed by atoms with Gasteiger partial charge >= 0.3 is 0 Å². The zero-order chi connectivity index (χ0) is 12.8. The third-order valence-electron chi connectivity index (χ3n) is 3.61. The lowest BCUT2D eigenvalue weighted by atomic mass is 10.2. The maximum absolute atomic E-state index is 5.73. The highest BCUT2D eigenvalue weighted by Crippen LogP contribution is 2.17. The summed E-state index contributed by atoms with van der Waals surface area (Å²) < 4.78 is 6.98. The number of hydrogen-bond donors (Lipinski definition) is 0. The smallest absolute Gasteiger partial charge is 0.119 e. The Kier molecular flexibility index (Phi) is 5.76. The van der Waals surface area contributed by atoms with Gasteiger partial charge in [0, 0.05) is 9.61 Å². The first-order chi connectivity index (χ1) is 8.75. The molecule has 100 valence electrons. The Bertz CT molecular complexity index is 352. The van der Waals surface area contributed by atoms with Crippen LogP contribution in [-0.2, 0) is 0 Å². The van der Waals surface area contributed by atoms with Crippen LogP contribution in [0, 0.1) is 3.57 Å². The highest BCUT2D eigenvalue weighted by Gasteiger charge is 2.18. The summed E-state index contributed by atoms with van der Waals surface area (Å²) in [5, 5.41) is 0. The molecule has 2 nitrogen and oxygen atoms in total. The first-order valence-corrected chi connectivity index (χ1v) is 7.96. The molecule has 0 radical (unpaired) electrons. The van der Waals surface area contributed by atoms with Gasteiger partial charge in [-0.3, -0.25) is 0 Å². The summed E-state index contributed by atoms with van der Waals surface area (Å²) in [6.07, 6.45) is 5.14. The molecule has 0 bridgehead atoms. The Morgan fingerprint density at radius 2 is 2.06 bits per heavy atom. The average molecular weight is 359 g/mol. The topological polar surface area (TPSA) is 12.5 Å². The summed E-state index contributed by atoms with van der Waals surface area (Å²) in [5.41, 5.74) is 0. The fraction of sp³-hybridized carbons (Fsp3) is 0.600. The standard InChI is InChI=1S/C15H22INO/c1-13-5-4-11-17(13)10-2-3-12-18-15-8-6-14(16)7-9-15/h6-9,13H,2-5,10-12H2,1H3/t13-/m0/s1. The molecule has 1 atom stereocenters. The van der Waals surface area contributed by atoms with Crippen LogP contribution in [0.25, 0.3) is 0 Å². The summed E-state index contributed by atoms with van der Waals surface area (Å²) in [4.78, 5) is 2.60. The van der Waals surface area contributed by atoms with Crippen molar-refractivity contribution in [3.05, 3.63) is 27.8 Å². The summed E-state index contributed by atoms with van der Waals surface area (Å²) >= 11 is 2.31. The van der Waals surface area contributed by atoms with Crippen LogP contribution in [0.15, 0.2) is 24.3 Å². The molecule has 0 unspecified atom stereocenters. The van der Waals surface area contributed by atoms with Gasteiger partial charge in [0.05, 0.1) is 6.61 Å². The molecule has 0 aliphatic carbocycles. The Morgan fingerprint density at radius 3 is 2.72 bits per heavy atom. The zero-order valence-corrected chi connectivity index (χ0v) is 13.2. The summed E-state index contributed by atoms with van der Waals surface area (Å²) in [5.74, 6) is 0.991. The van der Waals surface area contributed by atoms with Crippen molar-refractivity contribution in [2.75, 3.05) is 19.7 Å². The minimum atomic E-state index is 0.794. The molecule has 1 heterocycles. The summed E-state index contributed by atoms with van der Waals surface area (Å²) in [7, 11) is 0. The lowest BCUT2D eigenvalue weighted by Crippen LogP contribution is -2.28. The second-order valence-electron chi connectivity index (χ2n) is 5.04. The second-order valence-corrected chi connectivity index (χ2v) is 6.28. The van der Waals surface area contributed by atoms with E-state index >= 15 is 0 Å². The number of unbranched alkanes of at least 4 members (excludes halogenated alkanes) is 1. The molecule has 1 saturated heterocycles. The van der Waals surface area contributed by atoms with E-state index in [1.807, 2.05) is 12.1 Å². The number of likely N-dealkylation sites (tertiary alicyclic amines) is 1. The van der Waals surface area contributed by atoms with E-state index in [1.165, 1.54) is 35.9 Å². The number of rotatable bonds is 6. The van der Waals surface area contributed by atoms with Crippen LogP contribution in [0.5, 0.6) is 5.75 Å². The van der Waals surface area contributed by atoms with Crippen molar-refractivity contribution in [3.63, 3.8) is 0 Å². The van der Waals surface area contributed by atoms with Gasteiger partial charge in [0.2, 0.25) is 0 Å². The van der Waals surface area contributed by atoms with Crippen molar-refractivity contribution in [1.29, 1.82) is 0 Å². The normalized spacial score (nSPS) is 20.2. The number of hydrogen-bond acceptors (Lipinski definition) is 2. The number of benzene rings is 1. The highest BCUT2D eigenvalue weighted by atomic mass is 127. The molecule has 0 spiro atoms. The van der Waals surface area contributed by atoms with E-state index in [0.29, 0.717) is 0 Å². The SMILES string of the molecule is C[C@H]1CCCN1CCCCOc1ccc(I)cc1. The molecule has 1 aliphatic heterocycles. The molecule has 1 aromatic carbocycles. The monoisotopic (exact) mass is 359 g/mol. The van der Waals surface area contributed by atoms with Crippen LogP contribution >= 0.6 is 22.6 Å². The summed E-state index contributed by atoms with van der Waals surface area (Å²) in [6, 6.07) is 9.06. The van der Waals surface area contributed by atoms with Crippen molar-refractivity contribution in [3.8, 4) is 5.75 Å². The van der Waals surface area contributed by atoms with Gasteiger partial charge in [-0.2, -0.15) is 0 Å². The van der Waals surface area contributed by atoms with Gasteiger partial charge in [-0.05, 0) is 92.6 Å². The minimum Gasteiger partial charge on any atom is -0.494 e. The molecule has 3 heteroatoms. The van der Waals surface area contributed by atoms with Crippen LogP contribution in [-0.4, -0.2) is 30.6 Å². The molecular formula is C15H22INO. The Hall–Kier alpha value is -0.290. The first kappa shape index (κ1) is 14.1. The quantitative estimate of drug-likeness (QED) is 0.564. The van der Waals surface area contributed by atoms with Gasteiger partial charge in [0.15, 0.2) is 0 Å². The van der Waals surface area contributed by atoms with Crippen LogP contribution in [0.4, 0.5) is 0 Å². The van der Waals surface area contributed by atoms with E-state index in [-0.39, 0.29) is 0 Å². The van der Waals surface area contributed by atoms with E-state index in [0.717, 1.165) is 24.8 Å². The van der Waals surface area contributed by atoms with Gasteiger partial charge in [0.25, 0.3) is 0 Å². The van der Waals surface area contributed by atoms with Crippen molar-refractivity contribution in [1.82, 2.24) is 4.90 Å². The molecule has 18 heavy (non-hydrogen) atoms. The predicted molar refractivity (Wildman–Crippen MR) is 84.2 cm³/mol. The average Bonchev–Trinajstić information content (AvgIpc) is 2.77. The zero-order valence-electron chi connectivity index (χ0n) is 11.1. The van der Waals surface area contributed by atoms with Gasteiger partial charge in [-0.1, -0.05) is 0 Å². The molecular weight excluding hydrogens is 337 g/mol. The number of nitrogens with zero attached hydrogens (tertiary/aromatic N) is 1. The van der Waals surface area contributed by atoms with E-state index in [2.05, 4.69) is 46.5 Å². The Balaban J connectivity index is 1.57. The van der Waals surface area contributed by atoms with Gasteiger partial charge in [0.1, 0.15) is 5.75 Å². The molecule has 0 amide bonds. The maximum atomic E-state index is 5.73. The molecule has 2 rings (SSSR count). The van der Waals surface area contributed by atoms with Crippen molar-refractivity contribution in [2.45, 2.75) is 38.6 Å². The van der Waals surface area contributed by atoms with E-state index in [9.17, 15) is 0 Å². The third kappa shape index (κ3) is 4.43. The lowest BCUT2D eigenvalue weighted by Gasteiger charge is -2.20. The van der Waals surface area contributed by atoms with Crippen molar-refractivity contribution < 1.29 is 4.74 Å². The van der Waals surface area contributed by atoms with E-state index in [4.69, 9.17) is 4.74 Å². The van der Waals surface area contributed by atoms with Crippen LogP contribution in [0.2, 0.25) is 0 Å². The van der Waals surface area contributed by atoms with Crippen LogP contribution < -0.4 is 4.74 Å². The van der Waals surface area contributed by atoms with Crippen molar-refractivity contribution in [2.24, 2.45) is 0 Å². The van der Waals surface area contributed by atoms with Gasteiger partial charge < -0.3 is 9.64 Å². The number of halogens is 1. The third-order valence-corrected chi connectivity index (χ3v) is 4.33. The van der Waals surface area contributed by atoms with E-state index < -0.39 is 0 Å². The summed E-state index contributed by atoms with van der Waals surface area (Å²) in [6.45, 7) is 5.70. The number of ether oxygens (including phenoxy) is 1. The molecule has 0 N–H and O–H groups in total. The van der Waals surface area contributed by atoms with Gasteiger partial charge in [-0.15, -0.1) is 0 Å². The molecule has 1 aliphatic rings. The Morgan fingerprint density at radius 1 is 1.28 bits per heavy atom. The minimum absolute atomic E-state index is 0.794.